The van der Waals surface area contributed by atoms with Gasteiger partial charge in [0, 0.05) is 0 Å². The Morgan fingerprint density at radius 1 is 1.00 bits per heavy atom. The van der Waals surface area contributed by atoms with E-state index in [2.05, 4.69) is 0 Å². The van der Waals surface area contributed by atoms with Gasteiger partial charge in [-0.2, -0.15) is 5.26 Å². The van der Waals surface area contributed by atoms with Gasteiger partial charge in [-0.25, -0.2) is 4.79 Å². The van der Waals surface area contributed by atoms with Gasteiger partial charge in [-0.1, -0.05) is 35.4 Å². The second-order valence-electron chi connectivity index (χ2n) is 5.18. The highest BCUT2D eigenvalue weighted by atomic mass is 16.7. The van der Waals surface area contributed by atoms with Crippen molar-refractivity contribution in [3.63, 3.8) is 0 Å². The molecule has 118 valence electrons. The lowest BCUT2D eigenvalue weighted by Gasteiger charge is -2.12. The van der Waals surface area contributed by atoms with Gasteiger partial charge in [0.15, 0.2) is 0 Å². The number of aryl methyl sites for hydroxylation is 1. The first-order valence-electron chi connectivity index (χ1n) is 7.28. The van der Waals surface area contributed by atoms with Gasteiger partial charge in [0.25, 0.3) is 11.8 Å². The van der Waals surface area contributed by atoms with Crippen molar-refractivity contribution < 1.29 is 19.2 Å². The van der Waals surface area contributed by atoms with Gasteiger partial charge in [-0.05, 0) is 30.2 Å². The number of hydroxylamine groups is 2. The summed E-state index contributed by atoms with van der Waals surface area (Å²) in [7, 11) is 0. The Balaban J connectivity index is 1.65. The van der Waals surface area contributed by atoms with Gasteiger partial charge < -0.3 is 4.84 Å². The molecule has 2 amide bonds. The van der Waals surface area contributed by atoms with Crippen LogP contribution in [0.3, 0.4) is 0 Å². The number of carbonyl (C=O) groups excluding carboxylic acids is 3. The standard InChI is InChI=1S/C18H12N2O4/c19-11-13-6-2-1-5-12(13)9-10-16(21)24-20-17(22)14-7-3-4-8-15(14)18(20)23/h1-8H,9-10H2. The van der Waals surface area contributed by atoms with E-state index in [9.17, 15) is 14.4 Å². The highest BCUT2D eigenvalue weighted by molar-refractivity contribution is 6.20. The SMILES string of the molecule is N#Cc1ccccc1CCC(=O)ON1C(=O)c2ccccc2C1=O. The van der Waals surface area contributed by atoms with Crippen molar-refractivity contribution in [1.82, 2.24) is 5.06 Å². The molecule has 0 saturated heterocycles. The van der Waals surface area contributed by atoms with Crippen LogP contribution in [0.25, 0.3) is 0 Å². The maximum absolute atomic E-state index is 12.1. The molecular formula is C18H12N2O4. The fourth-order valence-electron chi connectivity index (χ4n) is 2.48. The smallest absolute Gasteiger partial charge is 0.330 e. The zero-order valence-corrected chi connectivity index (χ0v) is 12.6. The van der Waals surface area contributed by atoms with Crippen LogP contribution in [-0.2, 0) is 16.1 Å². The van der Waals surface area contributed by atoms with Gasteiger partial charge in [0.1, 0.15) is 0 Å². The largest absolute Gasteiger partial charge is 0.333 e. The lowest BCUT2D eigenvalue weighted by molar-refractivity contribution is -0.168. The summed E-state index contributed by atoms with van der Waals surface area (Å²) in [6, 6.07) is 15.2. The third-order valence-corrected chi connectivity index (χ3v) is 3.69. The fourth-order valence-corrected chi connectivity index (χ4v) is 2.48. The molecule has 0 aliphatic carbocycles. The van der Waals surface area contributed by atoms with E-state index in [4.69, 9.17) is 10.1 Å². The first-order chi connectivity index (χ1) is 11.6. The van der Waals surface area contributed by atoms with Gasteiger partial charge in [0.2, 0.25) is 0 Å². The molecule has 1 aliphatic rings. The van der Waals surface area contributed by atoms with Gasteiger partial charge in [0.05, 0.1) is 29.2 Å². The predicted octanol–water partition coefficient (Wildman–Crippen LogP) is 2.25. The van der Waals surface area contributed by atoms with Crippen LogP contribution in [-0.4, -0.2) is 22.8 Å². The summed E-state index contributed by atoms with van der Waals surface area (Å²) in [5.74, 6) is -2.01. The van der Waals surface area contributed by atoms with Crippen LogP contribution in [0.1, 0.15) is 38.3 Å². The Morgan fingerprint density at radius 3 is 2.21 bits per heavy atom. The minimum Gasteiger partial charge on any atom is -0.330 e. The third kappa shape index (κ3) is 2.75. The van der Waals surface area contributed by atoms with Crippen molar-refractivity contribution >= 4 is 17.8 Å². The second kappa shape index (κ2) is 6.34. The molecule has 0 unspecified atom stereocenters. The van der Waals surface area contributed by atoms with E-state index in [-0.39, 0.29) is 24.0 Å². The molecule has 2 aromatic carbocycles. The first-order valence-corrected chi connectivity index (χ1v) is 7.28. The van der Waals surface area contributed by atoms with E-state index >= 15 is 0 Å². The van der Waals surface area contributed by atoms with Crippen LogP contribution in [0.4, 0.5) is 0 Å². The number of carbonyl (C=O) groups is 3. The molecule has 0 radical (unpaired) electrons. The molecule has 6 heteroatoms. The number of nitrogens with zero attached hydrogens (tertiary/aromatic N) is 2. The number of rotatable bonds is 4. The summed E-state index contributed by atoms with van der Waals surface area (Å²) in [5.41, 5.74) is 1.61. The number of benzene rings is 2. The Bertz CT molecular complexity index is 848. The van der Waals surface area contributed by atoms with Crippen LogP contribution in [0.5, 0.6) is 0 Å². The number of fused-ring (bicyclic) bond motifs is 1. The molecule has 0 fully saturated rings. The molecule has 0 N–H and O–H groups in total. The summed E-state index contributed by atoms with van der Waals surface area (Å²) >= 11 is 0. The number of hydrogen-bond acceptors (Lipinski definition) is 5. The van der Waals surface area contributed by atoms with E-state index in [0.717, 1.165) is 0 Å². The molecule has 0 atom stereocenters. The molecule has 0 saturated carbocycles. The minimum atomic E-state index is -0.711. The van der Waals surface area contributed by atoms with Gasteiger partial charge in [-0.3, -0.25) is 9.59 Å². The predicted molar refractivity (Wildman–Crippen MR) is 82.5 cm³/mol. The maximum Gasteiger partial charge on any atom is 0.333 e. The van der Waals surface area contributed by atoms with E-state index in [1.54, 1.807) is 36.4 Å². The molecule has 6 nitrogen and oxygen atoms in total. The van der Waals surface area contributed by atoms with Crippen molar-refractivity contribution in [2.75, 3.05) is 0 Å². The summed E-state index contributed by atoms with van der Waals surface area (Å²) < 4.78 is 0. The average Bonchev–Trinajstić information content (AvgIpc) is 2.85. The molecule has 1 heterocycles. The van der Waals surface area contributed by atoms with Crippen molar-refractivity contribution in [2.24, 2.45) is 0 Å². The molecule has 1 aliphatic heterocycles. The number of imide groups is 1. The van der Waals surface area contributed by atoms with Crippen LogP contribution >= 0.6 is 0 Å². The highest BCUT2D eigenvalue weighted by Crippen LogP contribution is 2.23. The van der Waals surface area contributed by atoms with Crippen molar-refractivity contribution in [3.05, 3.63) is 70.8 Å². The average molecular weight is 320 g/mol. The van der Waals surface area contributed by atoms with Crippen LogP contribution in [0.2, 0.25) is 0 Å². The van der Waals surface area contributed by atoms with E-state index in [1.165, 1.54) is 12.1 Å². The summed E-state index contributed by atoms with van der Waals surface area (Å²) in [6.45, 7) is 0. The quantitative estimate of drug-likeness (QED) is 0.806. The molecule has 0 aromatic heterocycles. The van der Waals surface area contributed by atoms with Crippen LogP contribution in [0, 0.1) is 11.3 Å². The Morgan fingerprint density at radius 2 is 1.58 bits per heavy atom. The topological polar surface area (TPSA) is 87.5 Å². The van der Waals surface area contributed by atoms with Crippen LogP contribution < -0.4 is 0 Å². The summed E-state index contributed by atoms with van der Waals surface area (Å²) in [4.78, 5) is 41.1. The van der Waals surface area contributed by atoms with Crippen molar-refractivity contribution in [3.8, 4) is 6.07 Å². The monoisotopic (exact) mass is 320 g/mol. The highest BCUT2D eigenvalue weighted by Gasteiger charge is 2.38. The molecule has 2 aromatic rings. The molecular weight excluding hydrogens is 308 g/mol. The number of hydrogen-bond donors (Lipinski definition) is 0. The molecule has 0 bridgehead atoms. The van der Waals surface area contributed by atoms with Crippen molar-refractivity contribution in [2.45, 2.75) is 12.8 Å². The molecule has 3 rings (SSSR count). The van der Waals surface area contributed by atoms with E-state index in [0.29, 0.717) is 16.2 Å². The van der Waals surface area contributed by atoms with Crippen LogP contribution in [0.15, 0.2) is 48.5 Å². The first kappa shape index (κ1) is 15.4. The number of amides is 2. The lowest BCUT2D eigenvalue weighted by Crippen LogP contribution is -2.32. The molecule has 0 spiro atoms. The Kier molecular flexibility index (Phi) is 4.08. The van der Waals surface area contributed by atoms with Crippen molar-refractivity contribution in [1.29, 1.82) is 5.26 Å². The molecule has 24 heavy (non-hydrogen) atoms. The number of nitriles is 1. The zero-order chi connectivity index (χ0) is 17.1. The lowest BCUT2D eigenvalue weighted by atomic mass is 10.0. The Hall–Kier alpha value is -3.46. The summed E-state index contributed by atoms with van der Waals surface area (Å²) in [6.07, 6.45) is 0.234. The van der Waals surface area contributed by atoms with E-state index < -0.39 is 17.8 Å². The maximum atomic E-state index is 12.1. The normalized spacial score (nSPS) is 12.7. The van der Waals surface area contributed by atoms with Gasteiger partial charge in [-0.15, -0.1) is 0 Å². The second-order valence-corrected chi connectivity index (χ2v) is 5.18. The minimum absolute atomic E-state index is 0.0495. The summed E-state index contributed by atoms with van der Waals surface area (Å²) in [5, 5.41) is 9.51. The van der Waals surface area contributed by atoms with E-state index in [1.807, 2.05) is 6.07 Å². The Labute approximate surface area is 137 Å². The zero-order valence-electron chi connectivity index (χ0n) is 12.6. The third-order valence-electron chi connectivity index (χ3n) is 3.69. The van der Waals surface area contributed by atoms with Gasteiger partial charge >= 0.3 is 5.97 Å². The fraction of sp³-hybridized carbons (Fsp3) is 0.111.